The van der Waals surface area contributed by atoms with Crippen LogP contribution >= 0.6 is 0 Å². The zero-order valence-corrected chi connectivity index (χ0v) is 6.99. The SMILES string of the molecule is CC(C)c1nncn1CCN. The molecule has 11 heavy (non-hydrogen) atoms. The van der Waals surface area contributed by atoms with Crippen LogP contribution in [0.5, 0.6) is 0 Å². The third kappa shape index (κ3) is 1.77. The van der Waals surface area contributed by atoms with Crippen molar-refractivity contribution in [1.82, 2.24) is 14.8 Å². The van der Waals surface area contributed by atoms with Crippen molar-refractivity contribution >= 4 is 0 Å². The van der Waals surface area contributed by atoms with Gasteiger partial charge in [-0.25, -0.2) is 0 Å². The molecule has 0 aliphatic heterocycles. The van der Waals surface area contributed by atoms with Gasteiger partial charge in [-0.3, -0.25) is 0 Å². The minimum Gasteiger partial charge on any atom is -0.329 e. The van der Waals surface area contributed by atoms with E-state index in [1.165, 1.54) is 0 Å². The number of nitrogens with zero attached hydrogens (tertiary/aromatic N) is 3. The molecule has 0 spiro atoms. The molecule has 0 aliphatic rings. The van der Waals surface area contributed by atoms with Crippen LogP contribution in [0, 0.1) is 0 Å². The highest BCUT2D eigenvalue weighted by atomic mass is 15.3. The molecule has 0 amide bonds. The Balaban J connectivity index is 2.78. The molecule has 2 N–H and O–H groups in total. The van der Waals surface area contributed by atoms with Crippen LogP contribution in [0.3, 0.4) is 0 Å². The lowest BCUT2D eigenvalue weighted by atomic mass is 10.2. The van der Waals surface area contributed by atoms with Crippen molar-refractivity contribution in [2.45, 2.75) is 26.3 Å². The number of rotatable bonds is 3. The molecule has 1 heterocycles. The van der Waals surface area contributed by atoms with Crippen LogP contribution in [0.4, 0.5) is 0 Å². The predicted molar refractivity (Wildman–Crippen MR) is 43.2 cm³/mol. The van der Waals surface area contributed by atoms with Gasteiger partial charge >= 0.3 is 0 Å². The van der Waals surface area contributed by atoms with E-state index in [4.69, 9.17) is 5.73 Å². The van der Waals surface area contributed by atoms with Gasteiger partial charge in [-0.2, -0.15) is 0 Å². The molecule has 4 nitrogen and oxygen atoms in total. The molecule has 1 rings (SSSR count). The Morgan fingerprint density at radius 3 is 2.91 bits per heavy atom. The van der Waals surface area contributed by atoms with Crippen molar-refractivity contribution < 1.29 is 0 Å². The standard InChI is InChI=1S/C7H14N4/c1-6(2)7-10-9-5-11(7)4-3-8/h5-6H,3-4,8H2,1-2H3. The van der Waals surface area contributed by atoms with Crippen LogP contribution in [-0.2, 0) is 6.54 Å². The van der Waals surface area contributed by atoms with Gasteiger partial charge in [0, 0.05) is 19.0 Å². The highest BCUT2D eigenvalue weighted by molar-refractivity contribution is 4.91. The zero-order valence-electron chi connectivity index (χ0n) is 6.99. The van der Waals surface area contributed by atoms with E-state index < -0.39 is 0 Å². The molecule has 0 radical (unpaired) electrons. The summed E-state index contributed by atoms with van der Waals surface area (Å²) in [6, 6.07) is 0. The fourth-order valence-corrected chi connectivity index (χ4v) is 1.02. The van der Waals surface area contributed by atoms with Crippen molar-refractivity contribution in [3.05, 3.63) is 12.2 Å². The molecular weight excluding hydrogens is 140 g/mol. The van der Waals surface area contributed by atoms with Gasteiger partial charge < -0.3 is 10.3 Å². The Kier molecular flexibility index (Phi) is 2.59. The summed E-state index contributed by atoms with van der Waals surface area (Å²) >= 11 is 0. The lowest BCUT2D eigenvalue weighted by Crippen LogP contribution is -2.12. The van der Waals surface area contributed by atoms with Gasteiger partial charge in [0.2, 0.25) is 0 Å². The summed E-state index contributed by atoms with van der Waals surface area (Å²) in [5.74, 6) is 1.43. The molecule has 4 heteroatoms. The van der Waals surface area contributed by atoms with Gasteiger partial charge in [0.25, 0.3) is 0 Å². The van der Waals surface area contributed by atoms with E-state index >= 15 is 0 Å². The molecule has 0 saturated carbocycles. The first-order valence-electron chi connectivity index (χ1n) is 3.83. The maximum Gasteiger partial charge on any atom is 0.135 e. The first-order chi connectivity index (χ1) is 5.25. The zero-order chi connectivity index (χ0) is 8.27. The predicted octanol–water partition coefficient (Wildman–Crippen LogP) is 0.360. The van der Waals surface area contributed by atoms with E-state index in [2.05, 4.69) is 24.0 Å². The average molecular weight is 154 g/mol. The molecule has 0 aliphatic carbocycles. The fraction of sp³-hybridized carbons (Fsp3) is 0.714. The first-order valence-corrected chi connectivity index (χ1v) is 3.83. The van der Waals surface area contributed by atoms with Crippen molar-refractivity contribution in [3.63, 3.8) is 0 Å². The second kappa shape index (κ2) is 3.48. The maximum atomic E-state index is 5.41. The lowest BCUT2D eigenvalue weighted by Gasteiger charge is -2.06. The van der Waals surface area contributed by atoms with E-state index in [0.717, 1.165) is 12.4 Å². The van der Waals surface area contributed by atoms with E-state index in [1.807, 2.05) is 4.57 Å². The largest absolute Gasteiger partial charge is 0.329 e. The topological polar surface area (TPSA) is 56.7 Å². The quantitative estimate of drug-likeness (QED) is 0.684. The summed E-state index contributed by atoms with van der Waals surface area (Å²) in [4.78, 5) is 0. The minimum atomic E-state index is 0.420. The highest BCUT2D eigenvalue weighted by Crippen LogP contribution is 2.09. The molecule has 0 unspecified atom stereocenters. The normalized spacial score (nSPS) is 10.9. The van der Waals surface area contributed by atoms with Crippen molar-refractivity contribution in [2.24, 2.45) is 5.73 Å². The summed E-state index contributed by atoms with van der Waals surface area (Å²) in [7, 11) is 0. The average Bonchev–Trinajstić information content (AvgIpc) is 2.36. The Bertz CT molecular complexity index is 216. The third-order valence-corrected chi connectivity index (χ3v) is 1.53. The third-order valence-electron chi connectivity index (χ3n) is 1.53. The molecule has 62 valence electrons. The van der Waals surface area contributed by atoms with Gasteiger partial charge in [-0.15, -0.1) is 10.2 Å². The van der Waals surface area contributed by atoms with Crippen LogP contribution < -0.4 is 5.73 Å². The Morgan fingerprint density at radius 1 is 1.64 bits per heavy atom. The fourth-order valence-electron chi connectivity index (χ4n) is 1.02. The lowest BCUT2D eigenvalue weighted by molar-refractivity contribution is 0.627. The summed E-state index contributed by atoms with van der Waals surface area (Å²) in [5, 5.41) is 7.81. The molecule has 0 aromatic carbocycles. The Hall–Kier alpha value is -0.900. The molecule has 0 atom stereocenters. The minimum absolute atomic E-state index is 0.420. The van der Waals surface area contributed by atoms with Crippen LogP contribution in [-0.4, -0.2) is 21.3 Å². The maximum absolute atomic E-state index is 5.41. The second-order valence-corrected chi connectivity index (χ2v) is 2.83. The van der Waals surface area contributed by atoms with Gasteiger partial charge in [-0.1, -0.05) is 13.8 Å². The number of hydrogen-bond acceptors (Lipinski definition) is 3. The molecule has 0 fully saturated rings. The number of hydrogen-bond donors (Lipinski definition) is 1. The molecule has 0 bridgehead atoms. The number of nitrogens with two attached hydrogens (primary N) is 1. The highest BCUT2D eigenvalue weighted by Gasteiger charge is 2.06. The van der Waals surface area contributed by atoms with Crippen LogP contribution in [0.2, 0.25) is 0 Å². The molecule has 1 aromatic rings. The molecular formula is C7H14N4. The van der Waals surface area contributed by atoms with Gasteiger partial charge in [0.15, 0.2) is 0 Å². The molecule has 1 aromatic heterocycles. The van der Waals surface area contributed by atoms with Crippen molar-refractivity contribution in [1.29, 1.82) is 0 Å². The monoisotopic (exact) mass is 154 g/mol. The van der Waals surface area contributed by atoms with Gasteiger partial charge in [-0.05, 0) is 0 Å². The first kappa shape index (κ1) is 8.20. The summed E-state index contributed by atoms with van der Waals surface area (Å²) in [6.07, 6.45) is 1.72. The van der Waals surface area contributed by atoms with Crippen molar-refractivity contribution in [3.8, 4) is 0 Å². The molecule has 0 saturated heterocycles. The Morgan fingerprint density at radius 2 is 2.36 bits per heavy atom. The van der Waals surface area contributed by atoms with E-state index in [9.17, 15) is 0 Å². The van der Waals surface area contributed by atoms with E-state index in [1.54, 1.807) is 6.33 Å². The number of aromatic nitrogens is 3. The summed E-state index contributed by atoms with van der Waals surface area (Å²) < 4.78 is 1.99. The Labute approximate surface area is 66.4 Å². The van der Waals surface area contributed by atoms with E-state index in [0.29, 0.717) is 12.5 Å². The van der Waals surface area contributed by atoms with Gasteiger partial charge in [0.1, 0.15) is 12.2 Å². The van der Waals surface area contributed by atoms with Crippen molar-refractivity contribution in [2.75, 3.05) is 6.54 Å². The van der Waals surface area contributed by atoms with Crippen LogP contribution in [0.1, 0.15) is 25.6 Å². The summed E-state index contributed by atoms with van der Waals surface area (Å²) in [6.45, 7) is 5.63. The van der Waals surface area contributed by atoms with E-state index in [-0.39, 0.29) is 0 Å². The second-order valence-electron chi connectivity index (χ2n) is 2.83. The van der Waals surface area contributed by atoms with Crippen LogP contribution in [0.25, 0.3) is 0 Å². The van der Waals surface area contributed by atoms with Gasteiger partial charge in [0.05, 0.1) is 0 Å². The summed E-state index contributed by atoms with van der Waals surface area (Å²) in [5.41, 5.74) is 5.41. The van der Waals surface area contributed by atoms with Crippen LogP contribution in [0.15, 0.2) is 6.33 Å². The smallest absolute Gasteiger partial charge is 0.135 e.